The first-order chi connectivity index (χ1) is 9.24. The van der Waals surface area contributed by atoms with E-state index in [0.29, 0.717) is 0 Å². The van der Waals surface area contributed by atoms with E-state index in [4.69, 9.17) is 10.00 Å². The summed E-state index contributed by atoms with van der Waals surface area (Å²) in [4.78, 5) is 2.13. The molecule has 0 spiro atoms. The first-order valence-corrected chi connectivity index (χ1v) is 6.80. The van der Waals surface area contributed by atoms with E-state index in [-0.39, 0.29) is 11.7 Å². The van der Waals surface area contributed by atoms with Crippen molar-refractivity contribution in [1.82, 2.24) is 0 Å². The van der Waals surface area contributed by atoms with Gasteiger partial charge >= 0.3 is 0 Å². The Morgan fingerprint density at radius 1 is 1.53 bits per heavy atom. The Kier molecular flexibility index (Phi) is 4.75. The fraction of sp³-hybridized carbons (Fsp3) is 0.533. The fourth-order valence-electron chi connectivity index (χ4n) is 2.38. The highest BCUT2D eigenvalue weighted by atomic mass is 19.1. The van der Waals surface area contributed by atoms with Crippen LogP contribution in [0.1, 0.15) is 31.7 Å². The molecule has 3 nitrogen and oxygen atoms in total. The molecule has 0 amide bonds. The van der Waals surface area contributed by atoms with Crippen molar-refractivity contribution in [3.63, 3.8) is 0 Å². The van der Waals surface area contributed by atoms with Gasteiger partial charge in [0.05, 0.1) is 11.7 Å². The summed E-state index contributed by atoms with van der Waals surface area (Å²) in [6, 6.07) is 6.64. The quantitative estimate of drug-likeness (QED) is 0.836. The van der Waals surface area contributed by atoms with Crippen molar-refractivity contribution >= 4 is 5.69 Å². The summed E-state index contributed by atoms with van der Waals surface area (Å²) in [7, 11) is 0. The van der Waals surface area contributed by atoms with E-state index in [1.165, 1.54) is 6.07 Å². The van der Waals surface area contributed by atoms with E-state index in [9.17, 15) is 4.39 Å². The molecule has 1 fully saturated rings. The maximum Gasteiger partial charge on any atom is 0.143 e. The number of benzene rings is 1. The van der Waals surface area contributed by atoms with Crippen LogP contribution in [0.15, 0.2) is 18.2 Å². The summed E-state index contributed by atoms with van der Waals surface area (Å²) in [5.74, 6) is -0.448. The number of ether oxygens (including phenoxy) is 1. The Labute approximate surface area is 113 Å². The minimum atomic E-state index is -0.448. The molecule has 19 heavy (non-hydrogen) atoms. The van der Waals surface area contributed by atoms with E-state index >= 15 is 0 Å². The van der Waals surface area contributed by atoms with E-state index < -0.39 is 5.82 Å². The van der Waals surface area contributed by atoms with Crippen LogP contribution in [0.2, 0.25) is 0 Å². The molecule has 0 aromatic heterocycles. The third-order valence-corrected chi connectivity index (χ3v) is 3.37. The SMILES string of the molecule is CCCOC1CCCN(c2ccc(C#N)c(F)c2)C1. The van der Waals surface area contributed by atoms with Crippen LogP contribution in [0.4, 0.5) is 10.1 Å². The van der Waals surface area contributed by atoms with Crippen molar-refractivity contribution in [2.24, 2.45) is 0 Å². The van der Waals surface area contributed by atoms with Crippen LogP contribution in [-0.4, -0.2) is 25.8 Å². The van der Waals surface area contributed by atoms with Gasteiger partial charge in [0.25, 0.3) is 0 Å². The molecule has 1 heterocycles. The molecule has 0 radical (unpaired) electrons. The lowest BCUT2D eigenvalue weighted by molar-refractivity contribution is 0.0440. The highest BCUT2D eigenvalue weighted by molar-refractivity contribution is 5.50. The summed E-state index contributed by atoms with van der Waals surface area (Å²) in [6.45, 7) is 4.58. The Hall–Kier alpha value is -1.60. The normalized spacial score (nSPS) is 19.2. The third-order valence-electron chi connectivity index (χ3n) is 3.37. The van der Waals surface area contributed by atoms with Crippen molar-refractivity contribution in [2.75, 3.05) is 24.6 Å². The highest BCUT2D eigenvalue weighted by Crippen LogP contribution is 2.23. The summed E-state index contributed by atoms with van der Waals surface area (Å²) in [5.41, 5.74) is 0.931. The van der Waals surface area contributed by atoms with Crippen molar-refractivity contribution in [2.45, 2.75) is 32.3 Å². The minimum absolute atomic E-state index is 0.0968. The second-order valence-corrected chi connectivity index (χ2v) is 4.86. The predicted octanol–water partition coefficient (Wildman–Crippen LogP) is 3.09. The van der Waals surface area contributed by atoms with Gasteiger partial charge in [-0.15, -0.1) is 0 Å². The van der Waals surface area contributed by atoms with Crippen molar-refractivity contribution < 1.29 is 9.13 Å². The lowest BCUT2D eigenvalue weighted by atomic mass is 10.1. The molecule has 102 valence electrons. The number of anilines is 1. The molecule has 4 heteroatoms. The highest BCUT2D eigenvalue weighted by Gasteiger charge is 2.21. The summed E-state index contributed by atoms with van der Waals surface area (Å²) < 4.78 is 19.4. The standard InChI is InChI=1S/C15H19FN2O/c1-2-8-19-14-4-3-7-18(11-14)13-6-5-12(10-17)15(16)9-13/h5-6,9,14H,2-4,7-8,11H2,1H3. The molecule has 1 aromatic carbocycles. The average Bonchev–Trinajstić information content (AvgIpc) is 2.45. The largest absolute Gasteiger partial charge is 0.376 e. The molecule has 1 aliphatic rings. The van der Waals surface area contributed by atoms with Gasteiger partial charge < -0.3 is 9.64 Å². The fourth-order valence-corrected chi connectivity index (χ4v) is 2.38. The molecule has 2 rings (SSSR count). The molecule has 0 bridgehead atoms. The van der Waals surface area contributed by atoms with Crippen molar-refractivity contribution in [3.8, 4) is 6.07 Å². The van der Waals surface area contributed by atoms with E-state index in [0.717, 1.165) is 44.6 Å². The molecule has 1 saturated heterocycles. The van der Waals surface area contributed by atoms with Crippen LogP contribution < -0.4 is 4.90 Å². The molecule has 0 saturated carbocycles. The molecule has 1 unspecified atom stereocenters. The molecule has 1 atom stereocenters. The van der Waals surface area contributed by atoms with Crippen LogP contribution in [0.3, 0.4) is 0 Å². The molecular weight excluding hydrogens is 243 g/mol. The lowest BCUT2D eigenvalue weighted by Crippen LogP contribution is -2.39. The maximum absolute atomic E-state index is 13.6. The van der Waals surface area contributed by atoms with Gasteiger partial charge in [0.1, 0.15) is 11.9 Å². The first-order valence-electron chi connectivity index (χ1n) is 6.80. The number of hydrogen-bond donors (Lipinski definition) is 0. The number of nitrogens with zero attached hydrogens (tertiary/aromatic N) is 2. The zero-order chi connectivity index (χ0) is 13.7. The Balaban J connectivity index is 2.05. The zero-order valence-electron chi connectivity index (χ0n) is 11.2. The number of nitriles is 1. The third kappa shape index (κ3) is 3.45. The van der Waals surface area contributed by atoms with Gasteiger partial charge in [-0.05, 0) is 37.5 Å². The van der Waals surface area contributed by atoms with E-state index in [1.807, 2.05) is 12.1 Å². The topological polar surface area (TPSA) is 36.3 Å². The first kappa shape index (κ1) is 13.8. The summed E-state index contributed by atoms with van der Waals surface area (Å²) in [5, 5.41) is 8.74. The molecule has 0 aliphatic carbocycles. The maximum atomic E-state index is 13.6. The van der Waals surface area contributed by atoms with Gasteiger partial charge in [-0.2, -0.15) is 5.26 Å². The van der Waals surface area contributed by atoms with E-state index in [2.05, 4.69) is 11.8 Å². The van der Waals surface area contributed by atoms with Crippen LogP contribution in [0, 0.1) is 17.1 Å². The number of piperidine rings is 1. The molecule has 1 aliphatic heterocycles. The smallest absolute Gasteiger partial charge is 0.143 e. The second kappa shape index (κ2) is 6.53. The lowest BCUT2D eigenvalue weighted by Gasteiger charge is -2.34. The number of halogens is 1. The van der Waals surface area contributed by atoms with Crippen molar-refractivity contribution in [3.05, 3.63) is 29.6 Å². The van der Waals surface area contributed by atoms with Gasteiger partial charge in [0, 0.05) is 25.4 Å². The van der Waals surface area contributed by atoms with Crippen LogP contribution in [0.25, 0.3) is 0 Å². The van der Waals surface area contributed by atoms with Crippen LogP contribution >= 0.6 is 0 Å². The molecular formula is C15H19FN2O. The van der Waals surface area contributed by atoms with Gasteiger partial charge in [-0.1, -0.05) is 6.92 Å². The van der Waals surface area contributed by atoms with Gasteiger partial charge in [0.15, 0.2) is 0 Å². The average molecular weight is 262 g/mol. The van der Waals surface area contributed by atoms with Crippen LogP contribution in [-0.2, 0) is 4.74 Å². The van der Waals surface area contributed by atoms with Crippen molar-refractivity contribution in [1.29, 1.82) is 5.26 Å². The monoisotopic (exact) mass is 262 g/mol. The summed E-state index contributed by atoms with van der Waals surface area (Å²) in [6.07, 6.45) is 3.36. The predicted molar refractivity (Wildman–Crippen MR) is 72.6 cm³/mol. The summed E-state index contributed by atoms with van der Waals surface area (Å²) >= 11 is 0. The van der Waals surface area contributed by atoms with Gasteiger partial charge in [-0.25, -0.2) is 4.39 Å². The zero-order valence-corrected chi connectivity index (χ0v) is 11.2. The molecule has 0 N–H and O–H groups in total. The Morgan fingerprint density at radius 3 is 3.05 bits per heavy atom. The molecule has 1 aromatic rings. The minimum Gasteiger partial charge on any atom is -0.376 e. The van der Waals surface area contributed by atoms with E-state index in [1.54, 1.807) is 6.07 Å². The number of hydrogen-bond acceptors (Lipinski definition) is 3. The van der Waals surface area contributed by atoms with Gasteiger partial charge in [0.2, 0.25) is 0 Å². The Bertz CT molecular complexity index is 470. The Morgan fingerprint density at radius 2 is 2.37 bits per heavy atom. The number of rotatable bonds is 4. The van der Waals surface area contributed by atoms with Gasteiger partial charge in [-0.3, -0.25) is 0 Å². The second-order valence-electron chi connectivity index (χ2n) is 4.86. The van der Waals surface area contributed by atoms with Crippen LogP contribution in [0.5, 0.6) is 0 Å².